The van der Waals surface area contributed by atoms with Crippen LogP contribution in [0, 0.1) is 5.92 Å². The molecule has 1 N–H and O–H groups in total. The molecule has 0 bridgehead atoms. The summed E-state index contributed by atoms with van der Waals surface area (Å²) in [6, 6.07) is 15.3. The molecule has 1 saturated heterocycles. The maximum absolute atomic E-state index is 4.70. The lowest BCUT2D eigenvalue weighted by molar-refractivity contribution is 0.181. The van der Waals surface area contributed by atoms with Crippen molar-refractivity contribution >= 4 is 11.5 Å². The first kappa shape index (κ1) is 24.3. The van der Waals surface area contributed by atoms with Crippen LogP contribution in [0.15, 0.2) is 54.7 Å². The van der Waals surface area contributed by atoms with Gasteiger partial charge < -0.3 is 15.1 Å². The molecule has 0 amide bonds. The van der Waals surface area contributed by atoms with Crippen LogP contribution in [0.25, 0.3) is 5.70 Å². The summed E-state index contributed by atoms with van der Waals surface area (Å²) >= 11 is 0. The fourth-order valence-electron chi connectivity index (χ4n) is 4.64. The van der Waals surface area contributed by atoms with Crippen molar-refractivity contribution in [1.29, 1.82) is 0 Å². The molecule has 4 nitrogen and oxygen atoms in total. The fraction of sp³-hybridized carbons (Fsp3) is 0.536. The standard InChI is InChI=1S/C28H42N4/c1-4-10-27(26-15-16-28(30-23-26)32(5-2)6-3)29-19-22-31-20-17-25(18-21-31)14-13-24-11-8-7-9-12-24/h7-12,15-16,23,25,29H,4-6,13-14,17-22H2,1-3H3/b27-10-. The molecule has 0 atom stereocenters. The van der Waals surface area contributed by atoms with E-state index in [0.717, 1.165) is 44.3 Å². The summed E-state index contributed by atoms with van der Waals surface area (Å²) in [4.78, 5) is 9.61. The summed E-state index contributed by atoms with van der Waals surface area (Å²) in [5.74, 6) is 1.94. The van der Waals surface area contributed by atoms with Gasteiger partial charge in [-0.3, -0.25) is 0 Å². The zero-order valence-electron chi connectivity index (χ0n) is 20.4. The second-order valence-electron chi connectivity index (χ2n) is 8.84. The molecular weight excluding hydrogens is 392 g/mol. The molecule has 0 saturated carbocycles. The number of aromatic nitrogens is 1. The minimum absolute atomic E-state index is 0.880. The van der Waals surface area contributed by atoms with E-state index in [0.29, 0.717) is 0 Å². The highest BCUT2D eigenvalue weighted by atomic mass is 15.2. The topological polar surface area (TPSA) is 31.4 Å². The Labute approximate surface area is 195 Å². The van der Waals surface area contributed by atoms with Crippen LogP contribution in [-0.2, 0) is 6.42 Å². The Kier molecular flexibility index (Phi) is 10.1. The van der Waals surface area contributed by atoms with Gasteiger partial charge in [-0.15, -0.1) is 0 Å². The number of aryl methyl sites for hydroxylation is 1. The van der Waals surface area contributed by atoms with Crippen LogP contribution in [0.4, 0.5) is 5.82 Å². The van der Waals surface area contributed by atoms with Crippen molar-refractivity contribution in [2.75, 3.05) is 44.2 Å². The molecular formula is C28H42N4. The molecule has 0 unspecified atom stereocenters. The Morgan fingerprint density at radius 1 is 1.06 bits per heavy atom. The number of rotatable bonds is 12. The lowest BCUT2D eigenvalue weighted by Gasteiger charge is -2.32. The van der Waals surface area contributed by atoms with Gasteiger partial charge in [0.25, 0.3) is 0 Å². The number of pyridine rings is 1. The SMILES string of the molecule is CC/C=C(\NCCN1CCC(CCc2ccccc2)CC1)c1ccc(N(CC)CC)nc1. The first-order chi connectivity index (χ1) is 15.7. The Bertz CT molecular complexity index is 788. The number of nitrogens with zero attached hydrogens (tertiary/aromatic N) is 3. The third-order valence-electron chi connectivity index (χ3n) is 6.69. The number of allylic oxidation sites excluding steroid dienone is 1. The van der Waals surface area contributed by atoms with Gasteiger partial charge in [0.1, 0.15) is 5.82 Å². The Hall–Kier alpha value is -2.33. The molecule has 0 aliphatic carbocycles. The van der Waals surface area contributed by atoms with E-state index < -0.39 is 0 Å². The Morgan fingerprint density at radius 2 is 1.81 bits per heavy atom. The molecule has 174 valence electrons. The average Bonchev–Trinajstić information content (AvgIpc) is 2.85. The third kappa shape index (κ3) is 7.37. The lowest BCUT2D eigenvalue weighted by Crippen LogP contribution is -2.38. The number of hydrogen-bond acceptors (Lipinski definition) is 4. The van der Waals surface area contributed by atoms with Gasteiger partial charge in [-0.05, 0) is 82.7 Å². The Morgan fingerprint density at radius 3 is 2.44 bits per heavy atom. The van der Waals surface area contributed by atoms with Crippen molar-refractivity contribution in [3.05, 3.63) is 65.9 Å². The summed E-state index contributed by atoms with van der Waals surface area (Å²) in [5, 5.41) is 3.68. The van der Waals surface area contributed by atoms with Gasteiger partial charge in [0.15, 0.2) is 0 Å². The summed E-state index contributed by atoms with van der Waals surface area (Å²) in [6.07, 6.45) is 10.5. The predicted octanol–water partition coefficient (Wildman–Crippen LogP) is 5.61. The zero-order valence-corrected chi connectivity index (χ0v) is 20.4. The second-order valence-corrected chi connectivity index (χ2v) is 8.84. The van der Waals surface area contributed by atoms with Gasteiger partial charge in [-0.2, -0.15) is 0 Å². The first-order valence-corrected chi connectivity index (χ1v) is 12.6. The lowest BCUT2D eigenvalue weighted by atomic mass is 9.90. The predicted molar refractivity (Wildman–Crippen MR) is 138 cm³/mol. The molecule has 1 aromatic carbocycles. The molecule has 3 rings (SSSR count). The molecule has 1 aliphatic heterocycles. The highest BCUT2D eigenvalue weighted by Gasteiger charge is 2.18. The fourth-order valence-corrected chi connectivity index (χ4v) is 4.64. The van der Waals surface area contributed by atoms with Gasteiger partial charge in [-0.25, -0.2) is 4.98 Å². The normalized spacial score (nSPS) is 15.7. The highest BCUT2D eigenvalue weighted by Crippen LogP contribution is 2.22. The summed E-state index contributed by atoms with van der Waals surface area (Å²) < 4.78 is 0. The van der Waals surface area contributed by atoms with Crippen LogP contribution in [0.1, 0.15) is 57.6 Å². The molecule has 0 spiro atoms. The van der Waals surface area contributed by atoms with E-state index in [9.17, 15) is 0 Å². The van der Waals surface area contributed by atoms with Crippen molar-refractivity contribution in [2.45, 2.75) is 52.9 Å². The number of hydrogen-bond donors (Lipinski definition) is 1. The van der Waals surface area contributed by atoms with Gasteiger partial charge >= 0.3 is 0 Å². The molecule has 4 heteroatoms. The van der Waals surface area contributed by atoms with E-state index in [-0.39, 0.29) is 0 Å². The molecule has 1 fully saturated rings. The molecule has 0 radical (unpaired) electrons. The van der Waals surface area contributed by atoms with Gasteiger partial charge in [0.05, 0.1) is 0 Å². The summed E-state index contributed by atoms with van der Waals surface area (Å²) in [6.45, 7) is 13.1. The number of nitrogens with one attached hydrogen (secondary N) is 1. The van der Waals surface area contributed by atoms with Crippen molar-refractivity contribution in [2.24, 2.45) is 5.92 Å². The van der Waals surface area contributed by atoms with Crippen LogP contribution in [-0.4, -0.2) is 49.2 Å². The average molecular weight is 435 g/mol. The van der Waals surface area contributed by atoms with E-state index in [1.807, 2.05) is 6.20 Å². The highest BCUT2D eigenvalue weighted by molar-refractivity contribution is 5.64. The molecule has 2 heterocycles. The molecule has 1 aromatic heterocycles. The smallest absolute Gasteiger partial charge is 0.128 e. The van der Waals surface area contributed by atoms with Gasteiger partial charge in [0, 0.05) is 43.6 Å². The minimum atomic E-state index is 0.880. The van der Waals surface area contributed by atoms with Gasteiger partial charge in [0.2, 0.25) is 0 Å². The number of anilines is 1. The van der Waals surface area contributed by atoms with E-state index >= 15 is 0 Å². The zero-order chi connectivity index (χ0) is 22.6. The van der Waals surface area contributed by atoms with Crippen molar-refractivity contribution in [1.82, 2.24) is 15.2 Å². The molecule has 1 aliphatic rings. The van der Waals surface area contributed by atoms with Crippen LogP contribution < -0.4 is 10.2 Å². The summed E-state index contributed by atoms with van der Waals surface area (Å²) in [7, 11) is 0. The van der Waals surface area contributed by atoms with Crippen molar-refractivity contribution in [3.8, 4) is 0 Å². The summed E-state index contributed by atoms with van der Waals surface area (Å²) in [5.41, 5.74) is 3.88. The van der Waals surface area contributed by atoms with Crippen LogP contribution in [0.2, 0.25) is 0 Å². The van der Waals surface area contributed by atoms with Gasteiger partial charge in [-0.1, -0.05) is 43.3 Å². The van der Waals surface area contributed by atoms with E-state index in [4.69, 9.17) is 4.98 Å². The van der Waals surface area contributed by atoms with Crippen molar-refractivity contribution in [3.63, 3.8) is 0 Å². The van der Waals surface area contributed by atoms with Crippen molar-refractivity contribution < 1.29 is 0 Å². The van der Waals surface area contributed by atoms with E-state index in [1.54, 1.807) is 0 Å². The maximum Gasteiger partial charge on any atom is 0.128 e. The quantitative estimate of drug-likeness (QED) is 0.470. The number of piperidine rings is 1. The largest absolute Gasteiger partial charge is 0.383 e. The van der Waals surface area contributed by atoms with E-state index in [1.165, 1.54) is 55.6 Å². The second kappa shape index (κ2) is 13.3. The first-order valence-electron chi connectivity index (χ1n) is 12.6. The maximum atomic E-state index is 4.70. The van der Waals surface area contributed by atoms with E-state index in [2.05, 4.69) is 84.4 Å². The Balaban J connectivity index is 1.41. The minimum Gasteiger partial charge on any atom is -0.383 e. The number of likely N-dealkylation sites (tertiary alicyclic amines) is 1. The van der Waals surface area contributed by atoms with Crippen LogP contribution in [0.5, 0.6) is 0 Å². The monoisotopic (exact) mass is 434 g/mol. The van der Waals surface area contributed by atoms with Crippen LogP contribution in [0.3, 0.4) is 0 Å². The number of benzene rings is 1. The third-order valence-corrected chi connectivity index (χ3v) is 6.69. The molecule has 2 aromatic rings. The molecule has 32 heavy (non-hydrogen) atoms. The van der Waals surface area contributed by atoms with Crippen LogP contribution >= 0.6 is 0 Å².